The zero-order chi connectivity index (χ0) is 17.1. The van der Waals surface area contributed by atoms with Gasteiger partial charge in [-0.3, -0.25) is 0 Å². The van der Waals surface area contributed by atoms with Crippen LogP contribution >= 0.6 is 0 Å². The standard InChI is InChI=1S/C18H19N5O/c1-4-22(5-2)14-6-8-15(9-7-14)23-20-17-10-13(3)16(19-12-24)11-18(17)21-23/h6-11H,4-5H2,1-3H3. The first-order valence-electron chi connectivity index (χ1n) is 7.97. The van der Waals surface area contributed by atoms with Gasteiger partial charge in [-0.2, -0.15) is 9.79 Å². The summed E-state index contributed by atoms with van der Waals surface area (Å²) in [5.41, 5.74) is 4.97. The van der Waals surface area contributed by atoms with Gasteiger partial charge in [-0.15, -0.1) is 10.2 Å². The second kappa shape index (κ2) is 6.64. The van der Waals surface area contributed by atoms with Gasteiger partial charge in [0.05, 0.1) is 11.4 Å². The third kappa shape index (κ3) is 2.92. The van der Waals surface area contributed by atoms with E-state index in [2.05, 4.69) is 46.1 Å². The smallest absolute Gasteiger partial charge is 0.240 e. The number of rotatable bonds is 5. The van der Waals surface area contributed by atoms with Gasteiger partial charge in [-0.05, 0) is 62.7 Å². The van der Waals surface area contributed by atoms with Crippen LogP contribution in [-0.4, -0.2) is 34.2 Å². The number of hydrogen-bond donors (Lipinski definition) is 0. The molecule has 0 saturated carbocycles. The molecule has 122 valence electrons. The Morgan fingerprint density at radius 1 is 1.08 bits per heavy atom. The van der Waals surface area contributed by atoms with Crippen LogP contribution in [0.15, 0.2) is 41.4 Å². The van der Waals surface area contributed by atoms with E-state index in [1.807, 2.05) is 25.1 Å². The number of carbonyl (C=O) groups excluding carboxylic acids is 1. The monoisotopic (exact) mass is 321 g/mol. The largest absolute Gasteiger partial charge is 0.372 e. The van der Waals surface area contributed by atoms with E-state index in [0.717, 1.165) is 29.9 Å². The minimum absolute atomic E-state index is 0.571. The van der Waals surface area contributed by atoms with Gasteiger partial charge in [0.1, 0.15) is 11.0 Å². The lowest BCUT2D eigenvalue weighted by Crippen LogP contribution is -2.21. The summed E-state index contributed by atoms with van der Waals surface area (Å²) >= 11 is 0. The first-order valence-corrected chi connectivity index (χ1v) is 7.97. The van der Waals surface area contributed by atoms with Crippen LogP contribution in [-0.2, 0) is 4.79 Å². The molecule has 0 bridgehead atoms. The number of fused-ring (bicyclic) bond motifs is 1. The molecule has 1 heterocycles. The number of aromatic nitrogens is 3. The van der Waals surface area contributed by atoms with Crippen molar-refractivity contribution < 1.29 is 4.79 Å². The number of aryl methyl sites for hydroxylation is 1. The predicted octanol–water partition coefficient (Wildman–Crippen LogP) is 3.54. The molecule has 0 fully saturated rings. The van der Waals surface area contributed by atoms with Crippen molar-refractivity contribution in [2.45, 2.75) is 20.8 Å². The van der Waals surface area contributed by atoms with Crippen LogP contribution in [0.1, 0.15) is 19.4 Å². The molecule has 0 aliphatic carbocycles. The maximum absolute atomic E-state index is 10.5. The summed E-state index contributed by atoms with van der Waals surface area (Å²) in [7, 11) is 0. The van der Waals surface area contributed by atoms with Crippen molar-refractivity contribution in [3.8, 4) is 5.69 Å². The lowest BCUT2D eigenvalue weighted by molar-refractivity contribution is 0.565. The van der Waals surface area contributed by atoms with E-state index in [9.17, 15) is 4.79 Å². The number of nitrogens with zero attached hydrogens (tertiary/aromatic N) is 5. The highest BCUT2D eigenvalue weighted by atomic mass is 16.1. The molecule has 0 N–H and O–H groups in total. The second-order valence-corrected chi connectivity index (χ2v) is 5.51. The molecule has 6 heteroatoms. The fourth-order valence-corrected chi connectivity index (χ4v) is 2.73. The van der Waals surface area contributed by atoms with E-state index >= 15 is 0 Å². The Bertz CT molecular complexity index is 903. The topological polar surface area (TPSA) is 63.4 Å². The average molecular weight is 321 g/mol. The van der Waals surface area contributed by atoms with Crippen LogP contribution < -0.4 is 4.90 Å². The summed E-state index contributed by atoms with van der Waals surface area (Å²) in [5, 5.41) is 9.00. The summed E-state index contributed by atoms with van der Waals surface area (Å²) in [5.74, 6) is 0. The Hall–Kier alpha value is -2.98. The second-order valence-electron chi connectivity index (χ2n) is 5.51. The zero-order valence-corrected chi connectivity index (χ0v) is 14.0. The molecule has 3 rings (SSSR count). The molecule has 0 aliphatic rings. The van der Waals surface area contributed by atoms with E-state index in [0.29, 0.717) is 11.2 Å². The molecular formula is C18H19N5O. The van der Waals surface area contributed by atoms with Crippen molar-refractivity contribution in [1.82, 2.24) is 15.0 Å². The molecule has 0 atom stereocenters. The van der Waals surface area contributed by atoms with Crippen LogP contribution in [0.4, 0.5) is 11.4 Å². The van der Waals surface area contributed by atoms with Crippen molar-refractivity contribution in [1.29, 1.82) is 0 Å². The minimum Gasteiger partial charge on any atom is -0.372 e. The van der Waals surface area contributed by atoms with Crippen molar-refractivity contribution in [3.05, 3.63) is 42.0 Å². The molecule has 1 aromatic heterocycles. The van der Waals surface area contributed by atoms with Crippen molar-refractivity contribution >= 4 is 28.5 Å². The molecule has 0 saturated heterocycles. The summed E-state index contributed by atoms with van der Waals surface area (Å²) < 4.78 is 0. The first kappa shape index (κ1) is 15.9. The highest BCUT2D eigenvalue weighted by Gasteiger charge is 2.09. The summed E-state index contributed by atoms with van der Waals surface area (Å²) in [6, 6.07) is 11.8. The Kier molecular flexibility index (Phi) is 4.40. The fraction of sp³-hybridized carbons (Fsp3) is 0.278. The van der Waals surface area contributed by atoms with Crippen LogP contribution in [0.5, 0.6) is 0 Å². The van der Waals surface area contributed by atoms with Gasteiger partial charge < -0.3 is 4.90 Å². The minimum atomic E-state index is 0.571. The van der Waals surface area contributed by atoms with Crippen LogP contribution in [0.3, 0.4) is 0 Å². The molecule has 2 aromatic carbocycles. The van der Waals surface area contributed by atoms with Gasteiger partial charge in [0.15, 0.2) is 0 Å². The normalized spacial score (nSPS) is 10.6. The van der Waals surface area contributed by atoms with Gasteiger partial charge in [0.25, 0.3) is 0 Å². The number of anilines is 1. The van der Waals surface area contributed by atoms with Crippen molar-refractivity contribution in [2.75, 3.05) is 18.0 Å². The van der Waals surface area contributed by atoms with Gasteiger partial charge in [-0.1, -0.05) is 0 Å². The number of benzene rings is 2. The lowest BCUT2D eigenvalue weighted by atomic mass is 10.2. The van der Waals surface area contributed by atoms with Gasteiger partial charge >= 0.3 is 0 Å². The molecule has 0 amide bonds. The van der Waals surface area contributed by atoms with Crippen LogP contribution in [0.25, 0.3) is 16.7 Å². The Labute approximate surface area is 140 Å². The van der Waals surface area contributed by atoms with E-state index in [-0.39, 0.29) is 0 Å². The Morgan fingerprint density at radius 2 is 1.71 bits per heavy atom. The maximum Gasteiger partial charge on any atom is 0.240 e. The average Bonchev–Trinajstić information content (AvgIpc) is 3.00. The van der Waals surface area contributed by atoms with Crippen LogP contribution in [0.2, 0.25) is 0 Å². The Morgan fingerprint density at radius 3 is 2.29 bits per heavy atom. The third-order valence-corrected chi connectivity index (χ3v) is 4.07. The highest BCUT2D eigenvalue weighted by Crippen LogP contribution is 2.24. The molecule has 6 nitrogen and oxygen atoms in total. The summed E-state index contributed by atoms with van der Waals surface area (Å²) in [6.07, 6.45) is 1.57. The molecule has 0 aliphatic heterocycles. The van der Waals surface area contributed by atoms with E-state index in [4.69, 9.17) is 0 Å². The maximum atomic E-state index is 10.5. The quantitative estimate of drug-likeness (QED) is 0.532. The van der Waals surface area contributed by atoms with Crippen molar-refractivity contribution in [2.24, 2.45) is 4.99 Å². The van der Waals surface area contributed by atoms with E-state index in [1.54, 1.807) is 16.9 Å². The number of hydrogen-bond acceptors (Lipinski definition) is 5. The van der Waals surface area contributed by atoms with E-state index < -0.39 is 0 Å². The summed E-state index contributed by atoms with van der Waals surface area (Å²) in [4.78, 5) is 18.1. The molecule has 0 spiro atoms. The molecular weight excluding hydrogens is 302 g/mol. The number of aliphatic imine (C=N–C) groups is 1. The number of isocyanates is 1. The molecule has 24 heavy (non-hydrogen) atoms. The SMILES string of the molecule is CCN(CC)c1ccc(-n2nc3cc(C)c(N=C=O)cc3n2)cc1. The van der Waals surface area contributed by atoms with Gasteiger partial charge in [-0.25, -0.2) is 4.79 Å². The fourth-order valence-electron chi connectivity index (χ4n) is 2.73. The summed E-state index contributed by atoms with van der Waals surface area (Å²) in [6.45, 7) is 8.10. The molecule has 0 radical (unpaired) electrons. The highest BCUT2D eigenvalue weighted by molar-refractivity contribution is 5.80. The van der Waals surface area contributed by atoms with Crippen molar-refractivity contribution in [3.63, 3.8) is 0 Å². The Balaban J connectivity index is 1.99. The predicted molar refractivity (Wildman–Crippen MR) is 94.9 cm³/mol. The van der Waals surface area contributed by atoms with E-state index in [1.165, 1.54) is 5.69 Å². The molecule has 3 aromatic rings. The molecule has 0 unspecified atom stereocenters. The van der Waals surface area contributed by atoms with Crippen LogP contribution in [0, 0.1) is 6.92 Å². The van der Waals surface area contributed by atoms with Gasteiger partial charge in [0, 0.05) is 18.8 Å². The lowest BCUT2D eigenvalue weighted by Gasteiger charge is -2.20. The first-order chi connectivity index (χ1) is 11.7. The van der Waals surface area contributed by atoms with Gasteiger partial charge in [0.2, 0.25) is 6.08 Å². The zero-order valence-electron chi connectivity index (χ0n) is 14.0. The third-order valence-electron chi connectivity index (χ3n) is 4.07.